The van der Waals surface area contributed by atoms with Crippen LogP contribution in [0, 0.1) is 5.92 Å². The molecular formula is C13H12F9NO3. The number of rotatable bonds is 5. The number of nitrogens with two attached hydrogens (primary N) is 1. The van der Waals surface area contributed by atoms with E-state index in [-0.39, 0.29) is 12.1 Å². The lowest BCUT2D eigenvalue weighted by Crippen LogP contribution is -2.26. The molecule has 1 rings (SSSR count). The largest absolute Gasteiger partial charge is 0.573 e. The molecule has 1 aromatic carbocycles. The lowest BCUT2D eigenvalue weighted by molar-refractivity contribution is -0.278. The Morgan fingerprint density at radius 3 is 1.35 bits per heavy atom. The highest BCUT2D eigenvalue weighted by Crippen LogP contribution is 2.44. The zero-order valence-electron chi connectivity index (χ0n) is 13.0. The second-order valence-corrected chi connectivity index (χ2v) is 5.25. The third-order valence-corrected chi connectivity index (χ3v) is 2.81. The summed E-state index contributed by atoms with van der Waals surface area (Å²) in [6.07, 6.45) is -16.2. The standard InChI is InChI=1S/C13H12F9NO3/c1-5(2)10(23)9-7(25-12(17,18)19)3-6(24-11(14,15)16)4-8(9)26-13(20,21)22/h3-5,10H,23H2,1-2H3. The van der Waals surface area contributed by atoms with Crippen molar-refractivity contribution in [2.45, 2.75) is 39.0 Å². The van der Waals surface area contributed by atoms with Crippen molar-refractivity contribution < 1.29 is 53.7 Å². The van der Waals surface area contributed by atoms with Gasteiger partial charge in [0.2, 0.25) is 0 Å². The molecule has 0 fully saturated rings. The third-order valence-electron chi connectivity index (χ3n) is 2.81. The molecule has 2 N–H and O–H groups in total. The summed E-state index contributed by atoms with van der Waals surface area (Å²) < 4.78 is 123. The molecule has 0 amide bonds. The number of benzene rings is 1. The maximum atomic E-state index is 12.5. The van der Waals surface area contributed by atoms with Gasteiger partial charge in [0.15, 0.2) is 0 Å². The highest BCUT2D eigenvalue weighted by Gasteiger charge is 2.39. The van der Waals surface area contributed by atoms with Gasteiger partial charge in [-0.25, -0.2) is 0 Å². The Labute approximate surface area is 140 Å². The molecule has 150 valence electrons. The summed E-state index contributed by atoms with van der Waals surface area (Å²) in [5.41, 5.74) is 4.68. The van der Waals surface area contributed by atoms with Crippen LogP contribution in [-0.4, -0.2) is 19.1 Å². The van der Waals surface area contributed by atoms with E-state index in [4.69, 9.17) is 5.73 Å². The van der Waals surface area contributed by atoms with Crippen LogP contribution in [0.25, 0.3) is 0 Å². The summed E-state index contributed by atoms with van der Waals surface area (Å²) in [6.45, 7) is 2.72. The zero-order chi connectivity index (χ0) is 20.5. The van der Waals surface area contributed by atoms with Gasteiger partial charge in [0, 0.05) is 18.2 Å². The first-order valence-electron chi connectivity index (χ1n) is 6.69. The molecule has 0 spiro atoms. The van der Waals surface area contributed by atoms with Gasteiger partial charge in [-0.2, -0.15) is 0 Å². The molecule has 4 nitrogen and oxygen atoms in total. The molecule has 1 atom stereocenters. The summed E-state index contributed by atoms with van der Waals surface area (Å²) in [4.78, 5) is 0. The monoisotopic (exact) mass is 401 g/mol. The normalized spacial score (nSPS) is 14.3. The number of hydrogen-bond acceptors (Lipinski definition) is 4. The van der Waals surface area contributed by atoms with E-state index in [0.717, 1.165) is 0 Å². The van der Waals surface area contributed by atoms with E-state index in [2.05, 4.69) is 14.2 Å². The van der Waals surface area contributed by atoms with Crippen LogP contribution in [-0.2, 0) is 0 Å². The molecule has 0 aliphatic rings. The van der Waals surface area contributed by atoms with Gasteiger partial charge in [0.05, 0.1) is 5.56 Å². The average molecular weight is 401 g/mol. The van der Waals surface area contributed by atoms with Crippen molar-refractivity contribution in [3.05, 3.63) is 17.7 Å². The average Bonchev–Trinajstić information content (AvgIpc) is 2.31. The van der Waals surface area contributed by atoms with Gasteiger partial charge < -0.3 is 19.9 Å². The molecule has 0 aromatic heterocycles. The first kappa shape index (κ1) is 22.0. The lowest BCUT2D eigenvalue weighted by Gasteiger charge is -2.25. The Hall–Kier alpha value is -2.05. The summed E-state index contributed by atoms with van der Waals surface area (Å²) in [6, 6.07) is -1.23. The summed E-state index contributed by atoms with van der Waals surface area (Å²) in [7, 11) is 0. The Bertz CT molecular complexity index is 586. The Kier molecular flexibility index (Phi) is 6.16. The minimum atomic E-state index is -5.42. The van der Waals surface area contributed by atoms with Crippen LogP contribution in [0.4, 0.5) is 39.5 Å². The number of halogens is 9. The SMILES string of the molecule is CC(C)C(N)c1c(OC(F)(F)F)cc(OC(F)(F)F)cc1OC(F)(F)F. The van der Waals surface area contributed by atoms with Crippen molar-refractivity contribution in [3.63, 3.8) is 0 Å². The Morgan fingerprint density at radius 1 is 0.731 bits per heavy atom. The minimum Gasteiger partial charge on any atom is -0.406 e. The fraction of sp³-hybridized carbons (Fsp3) is 0.538. The smallest absolute Gasteiger partial charge is 0.406 e. The summed E-state index contributed by atoms with van der Waals surface area (Å²) in [5.74, 6) is -4.93. The molecule has 0 aliphatic carbocycles. The molecule has 1 aromatic rings. The van der Waals surface area contributed by atoms with Crippen LogP contribution in [0.15, 0.2) is 12.1 Å². The maximum Gasteiger partial charge on any atom is 0.573 e. The van der Waals surface area contributed by atoms with Crippen molar-refractivity contribution in [2.75, 3.05) is 0 Å². The second kappa shape index (κ2) is 7.29. The molecule has 0 saturated carbocycles. The fourth-order valence-electron chi connectivity index (χ4n) is 1.85. The van der Waals surface area contributed by atoms with E-state index in [1.165, 1.54) is 13.8 Å². The molecule has 1 unspecified atom stereocenters. The lowest BCUT2D eigenvalue weighted by atomic mass is 9.95. The highest BCUT2D eigenvalue weighted by molar-refractivity contribution is 5.52. The van der Waals surface area contributed by atoms with Gasteiger partial charge in [-0.15, -0.1) is 39.5 Å². The second-order valence-electron chi connectivity index (χ2n) is 5.25. The number of hydrogen-bond donors (Lipinski definition) is 1. The van der Waals surface area contributed by atoms with E-state index in [1.54, 1.807) is 0 Å². The molecule has 0 saturated heterocycles. The predicted molar refractivity (Wildman–Crippen MR) is 68.3 cm³/mol. The molecular weight excluding hydrogens is 389 g/mol. The van der Waals surface area contributed by atoms with Crippen molar-refractivity contribution in [2.24, 2.45) is 11.7 Å². The number of alkyl halides is 9. The molecule has 0 heterocycles. The van der Waals surface area contributed by atoms with E-state index in [9.17, 15) is 39.5 Å². The molecule has 0 aliphatic heterocycles. The summed E-state index contributed by atoms with van der Waals surface area (Å²) in [5, 5.41) is 0. The van der Waals surface area contributed by atoms with Gasteiger partial charge in [-0.3, -0.25) is 0 Å². The first-order valence-corrected chi connectivity index (χ1v) is 6.69. The van der Waals surface area contributed by atoms with Crippen LogP contribution in [0.3, 0.4) is 0 Å². The Balaban J connectivity index is 3.63. The van der Waals surface area contributed by atoms with Gasteiger partial charge >= 0.3 is 19.1 Å². The minimum absolute atomic E-state index is 0.127. The zero-order valence-corrected chi connectivity index (χ0v) is 13.0. The molecule has 0 radical (unpaired) electrons. The van der Waals surface area contributed by atoms with Crippen LogP contribution >= 0.6 is 0 Å². The van der Waals surface area contributed by atoms with Gasteiger partial charge in [0.25, 0.3) is 0 Å². The topological polar surface area (TPSA) is 53.7 Å². The van der Waals surface area contributed by atoms with E-state index < -0.39 is 53.9 Å². The molecule has 13 heteroatoms. The predicted octanol–water partition coefficient (Wildman–Crippen LogP) is 5.04. The van der Waals surface area contributed by atoms with Crippen LogP contribution < -0.4 is 19.9 Å². The molecule has 0 bridgehead atoms. The third kappa shape index (κ3) is 7.06. The van der Waals surface area contributed by atoms with Crippen LogP contribution in [0.2, 0.25) is 0 Å². The molecule has 26 heavy (non-hydrogen) atoms. The highest BCUT2D eigenvalue weighted by atomic mass is 19.4. The fourth-order valence-corrected chi connectivity index (χ4v) is 1.85. The van der Waals surface area contributed by atoms with E-state index in [0.29, 0.717) is 0 Å². The van der Waals surface area contributed by atoms with E-state index in [1.807, 2.05) is 0 Å². The Morgan fingerprint density at radius 2 is 1.08 bits per heavy atom. The summed E-state index contributed by atoms with van der Waals surface area (Å²) >= 11 is 0. The van der Waals surface area contributed by atoms with Crippen molar-refractivity contribution in [1.82, 2.24) is 0 Å². The van der Waals surface area contributed by atoms with Crippen LogP contribution in [0.1, 0.15) is 25.5 Å². The van der Waals surface area contributed by atoms with Gasteiger partial charge in [-0.1, -0.05) is 13.8 Å². The van der Waals surface area contributed by atoms with Crippen molar-refractivity contribution >= 4 is 0 Å². The first-order chi connectivity index (χ1) is 11.5. The van der Waals surface area contributed by atoms with Gasteiger partial charge in [-0.05, 0) is 5.92 Å². The van der Waals surface area contributed by atoms with E-state index >= 15 is 0 Å². The van der Waals surface area contributed by atoms with Gasteiger partial charge in [0.1, 0.15) is 17.2 Å². The van der Waals surface area contributed by atoms with Crippen molar-refractivity contribution in [1.29, 1.82) is 0 Å². The quantitative estimate of drug-likeness (QED) is 0.703. The van der Waals surface area contributed by atoms with Crippen molar-refractivity contribution in [3.8, 4) is 17.2 Å². The van der Waals surface area contributed by atoms with Crippen LogP contribution in [0.5, 0.6) is 17.2 Å². The number of ether oxygens (including phenoxy) is 3. The maximum absolute atomic E-state index is 12.5.